The zero-order valence-corrected chi connectivity index (χ0v) is 15.6. The molecule has 0 unspecified atom stereocenters. The van der Waals surface area contributed by atoms with E-state index < -0.39 is 0 Å². The molecule has 1 aromatic carbocycles. The first-order valence-corrected chi connectivity index (χ1v) is 8.88. The Balaban J connectivity index is 2.01. The zero-order chi connectivity index (χ0) is 18.7. The van der Waals surface area contributed by atoms with Crippen molar-refractivity contribution in [2.45, 2.75) is 32.2 Å². The minimum Gasteiger partial charge on any atom is -0.496 e. The standard InChI is InChI=1S/C19H21ClN2O4/c1-25-15-8-7-12(10-13(15)20)21-19(24)18-14-6-4-3-5-9-22(14)17(23)11-16(18)26-2/h7-8,10-11H,3-6,9H2,1-2H3,(H,21,24). The maximum absolute atomic E-state index is 13.0. The maximum atomic E-state index is 13.0. The SMILES string of the molecule is COc1ccc(NC(=O)c2c(OC)cc(=O)n3c2CCCCC3)cc1Cl. The molecule has 0 radical (unpaired) electrons. The van der Waals surface area contributed by atoms with Gasteiger partial charge in [-0.15, -0.1) is 0 Å². The smallest absolute Gasteiger partial charge is 0.261 e. The van der Waals surface area contributed by atoms with Crippen LogP contribution in [-0.2, 0) is 13.0 Å². The van der Waals surface area contributed by atoms with E-state index in [1.807, 2.05) is 0 Å². The molecule has 0 fully saturated rings. The van der Waals surface area contributed by atoms with Crippen molar-refractivity contribution in [3.8, 4) is 11.5 Å². The molecule has 1 N–H and O–H groups in total. The first kappa shape index (κ1) is 18.3. The van der Waals surface area contributed by atoms with Crippen LogP contribution in [0.3, 0.4) is 0 Å². The van der Waals surface area contributed by atoms with Gasteiger partial charge in [0.25, 0.3) is 11.5 Å². The van der Waals surface area contributed by atoms with Gasteiger partial charge in [0.1, 0.15) is 17.1 Å². The number of anilines is 1. The normalized spacial score (nSPS) is 13.5. The molecule has 0 saturated heterocycles. The van der Waals surface area contributed by atoms with Gasteiger partial charge >= 0.3 is 0 Å². The fourth-order valence-electron chi connectivity index (χ4n) is 3.26. The number of carbonyl (C=O) groups excluding carboxylic acids is 1. The van der Waals surface area contributed by atoms with Crippen LogP contribution in [0.15, 0.2) is 29.1 Å². The lowest BCUT2D eigenvalue weighted by molar-refractivity contribution is 0.102. The van der Waals surface area contributed by atoms with Gasteiger partial charge in [0, 0.05) is 24.0 Å². The van der Waals surface area contributed by atoms with E-state index in [4.69, 9.17) is 21.1 Å². The maximum Gasteiger partial charge on any atom is 0.261 e. The summed E-state index contributed by atoms with van der Waals surface area (Å²) >= 11 is 6.13. The third-order valence-corrected chi connectivity index (χ3v) is 4.83. The second-order valence-corrected chi connectivity index (χ2v) is 6.55. The van der Waals surface area contributed by atoms with Gasteiger partial charge in [0.15, 0.2) is 0 Å². The minimum atomic E-state index is -0.325. The van der Waals surface area contributed by atoms with Crippen molar-refractivity contribution in [2.75, 3.05) is 19.5 Å². The number of rotatable bonds is 4. The molecule has 2 heterocycles. The summed E-state index contributed by atoms with van der Waals surface area (Å²) in [5.41, 5.74) is 1.54. The number of benzene rings is 1. The van der Waals surface area contributed by atoms with E-state index in [2.05, 4.69) is 5.32 Å². The molecule has 1 amide bonds. The minimum absolute atomic E-state index is 0.136. The molecule has 3 rings (SSSR count). The van der Waals surface area contributed by atoms with Crippen molar-refractivity contribution in [1.29, 1.82) is 0 Å². The summed E-state index contributed by atoms with van der Waals surface area (Å²) in [5.74, 6) is 0.497. The van der Waals surface area contributed by atoms with Gasteiger partial charge in [-0.2, -0.15) is 0 Å². The zero-order valence-electron chi connectivity index (χ0n) is 14.8. The number of nitrogens with one attached hydrogen (secondary N) is 1. The molecule has 0 bridgehead atoms. The fourth-order valence-corrected chi connectivity index (χ4v) is 3.52. The molecule has 0 saturated carbocycles. The van der Waals surface area contributed by atoms with Gasteiger partial charge in [0.05, 0.1) is 19.2 Å². The van der Waals surface area contributed by atoms with Crippen LogP contribution >= 0.6 is 11.6 Å². The number of ether oxygens (including phenoxy) is 2. The van der Waals surface area contributed by atoms with Gasteiger partial charge in [0.2, 0.25) is 0 Å². The average Bonchev–Trinajstić information content (AvgIpc) is 2.88. The number of hydrogen-bond acceptors (Lipinski definition) is 4. The molecule has 7 heteroatoms. The lowest BCUT2D eigenvalue weighted by atomic mass is 10.1. The largest absolute Gasteiger partial charge is 0.496 e. The summed E-state index contributed by atoms with van der Waals surface area (Å²) in [5, 5.41) is 3.24. The quantitative estimate of drug-likeness (QED) is 0.886. The number of pyridine rings is 1. The Kier molecular flexibility index (Phi) is 5.52. The predicted octanol–water partition coefficient (Wildman–Crippen LogP) is 3.50. The molecule has 0 spiro atoms. The van der Waals surface area contributed by atoms with E-state index in [9.17, 15) is 9.59 Å². The number of fused-ring (bicyclic) bond motifs is 1. The number of hydrogen-bond donors (Lipinski definition) is 1. The fraction of sp³-hybridized carbons (Fsp3) is 0.368. The van der Waals surface area contributed by atoms with Crippen LogP contribution < -0.4 is 20.3 Å². The van der Waals surface area contributed by atoms with Crippen LogP contribution in [0.1, 0.15) is 35.3 Å². The summed E-state index contributed by atoms with van der Waals surface area (Å²) in [6.45, 7) is 0.618. The molecule has 0 atom stereocenters. The highest BCUT2D eigenvalue weighted by Gasteiger charge is 2.23. The van der Waals surface area contributed by atoms with Gasteiger partial charge < -0.3 is 19.4 Å². The van der Waals surface area contributed by atoms with Crippen LogP contribution in [0.4, 0.5) is 5.69 Å². The van der Waals surface area contributed by atoms with Crippen molar-refractivity contribution in [3.63, 3.8) is 0 Å². The summed E-state index contributed by atoms with van der Waals surface area (Å²) in [4.78, 5) is 25.3. The van der Waals surface area contributed by atoms with Crippen LogP contribution in [0, 0.1) is 0 Å². The molecule has 1 aromatic heterocycles. The van der Waals surface area contributed by atoms with Crippen LogP contribution in [0.25, 0.3) is 0 Å². The van der Waals surface area contributed by atoms with E-state index in [0.29, 0.717) is 40.7 Å². The predicted molar refractivity (Wildman–Crippen MR) is 101 cm³/mol. The molecular formula is C19H21ClN2O4. The molecule has 2 aromatic rings. The van der Waals surface area contributed by atoms with Gasteiger partial charge in [-0.1, -0.05) is 18.0 Å². The van der Waals surface area contributed by atoms with Crippen molar-refractivity contribution in [3.05, 3.63) is 50.9 Å². The molecule has 1 aliphatic rings. The Labute approximate surface area is 156 Å². The lowest BCUT2D eigenvalue weighted by Gasteiger charge is -2.17. The molecule has 0 aliphatic carbocycles. The van der Waals surface area contributed by atoms with Gasteiger partial charge in [-0.3, -0.25) is 9.59 Å². The first-order valence-electron chi connectivity index (χ1n) is 8.50. The van der Waals surface area contributed by atoms with E-state index >= 15 is 0 Å². The number of halogens is 1. The van der Waals surface area contributed by atoms with E-state index in [0.717, 1.165) is 25.0 Å². The molecule has 6 nitrogen and oxygen atoms in total. The van der Waals surface area contributed by atoms with Gasteiger partial charge in [-0.25, -0.2) is 0 Å². The second kappa shape index (κ2) is 7.83. The third-order valence-electron chi connectivity index (χ3n) is 4.53. The van der Waals surface area contributed by atoms with Crippen LogP contribution in [0.5, 0.6) is 11.5 Å². The summed E-state index contributed by atoms with van der Waals surface area (Å²) in [6, 6.07) is 6.40. The van der Waals surface area contributed by atoms with E-state index in [-0.39, 0.29) is 11.5 Å². The van der Waals surface area contributed by atoms with E-state index in [1.54, 1.807) is 22.8 Å². The van der Waals surface area contributed by atoms with E-state index in [1.165, 1.54) is 20.3 Å². The summed E-state index contributed by atoms with van der Waals surface area (Å²) in [7, 11) is 2.99. The summed E-state index contributed by atoms with van der Waals surface area (Å²) in [6.07, 6.45) is 3.55. The van der Waals surface area contributed by atoms with Gasteiger partial charge in [-0.05, 0) is 37.5 Å². The number of methoxy groups -OCH3 is 2. The highest BCUT2D eigenvalue weighted by molar-refractivity contribution is 6.32. The Hall–Kier alpha value is -2.47. The Morgan fingerprint density at radius 2 is 1.88 bits per heavy atom. The second-order valence-electron chi connectivity index (χ2n) is 6.14. The van der Waals surface area contributed by atoms with Crippen molar-refractivity contribution >= 4 is 23.2 Å². The summed E-state index contributed by atoms with van der Waals surface area (Å²) < 4.78 is 12.1. The third kappa shape index (κ3) is 3.55. The lowest BCUT2D eigenvalue weighted by Crippen LogP contribution is -2.27. The molecule has 26 heavy (non-hydrogen) atoms. The number of nitrogens with zero attached hydrogens (tertiary/aromatic N) is 1. The average molecular weight is 377 g/mol. The van der Waals surface area contributed by atoms with Crippen molar-refractivity contribution in [1.82, 2.24) is 4.57 Å². The Bertz CT molecular complexity index is 892. The monoisotopic (exact) mass is 376 g/mol. The first-order chi connectivity index (χ1) is 12.5. The van der Waals surface area contributed by atoms with Crippen LogP contribution in [-0.4, -0.2) is 24.7 Å². The van der Waals surface area contributed by atoms with Crippen molar-refractivity contribution < 1.29 is 14.3 Å². The molecule has 138 valence electrons. The Morgan fingerprint density at radius 3 is 2.58 bits per heavy atom. The van der Waals surface area contributed by atoms with Crippen LogP contribution in [0.2, 0.25) is 5.02 Å². The molecule has 1 aliphatic heterocycles. The molecular weight excluding hydrogens is 356 g/mol. The Morgan fingerprint density at radius 1 is 1.12 bits per heavy atom. The number of amides is 1. The number of aromatic nitrogens is 1. The number of carbonyl (C=O) groups is 1. The topological polar surface area (TPSA) is 69.6 Å². The van der Waals surface area contributed by atoms with Crippen molar-refractivity contribution in [2.24, 2.45) is 0 Å². The highest BCUT2D eigenvalue weighted by atomic mass is 35.5. The highest BCUT2D eigenvalue weighted by Crippen LogP contribution is 2.29.